The second kappa shape index (κ2) is 8.27. The van der Waals surface area contributed by atoms with E-state index < -0.39 is 0 Å². The quantitative estimate of drug-likeness (QED) is 0.676. The Bertz CT molecular complexity index is 941. The molecule has 0 unspecified atom stereocenters. The average Bonchev–Trinajstić information content (AvgIpc) is 2.79. The molecular weight excluding hydrogens is 354 g/mol. The van der Waals surface area contributed by atoms with Crippen LogP contribution in [0.4, 0.5) is 5.95 Å². The van der Waals surface area contributed by atoms with E-state index in [4.69, 9.17) is 24.2 Å². The predicted molar refractivity (Wildman–Crippen MR) is 109 cm³/mol. The van der Waals surface area contributed by atoms with E-state index in [1.54, 1.807) is 14.2 Å². The van der Waals surface area contributed by atoms with Crippen LogP contribution in [0.2, 0.25) is 0 Å². The molecule has 1 aromatic heterocycles. The fourth-order valence-electron chi connectivity index (χ4n) is 3.24. The smallest absolute Gasteiger partial charge is 0.226 e. The van der Waals surface area contributed by atoms with Crippen molar-refractivity contribution in [3.8, 4) is 34.0 Å². The molecule has 144 valence electrons. The Balaban J connectivity index is 1.82. The molecule has 3 aromatic rings. The first-order valence-electron chi connectivity index (χ1n) is 9.28. The van der Waals surface area contributed by atoms with Gasteiger partial charge in [0.05, 0.1) is 38.8 Å². The zero-order valence-electron chi connectivity index (χ0n) is 16.1. The largest absolute Gasteiger partial charge is 0.493 e. The van der Waals surface area contributed by atoms with Gasteiger partial charge in [-0.05, 0) is 24.3 Å². The van der Waals surface area contributed by atoms with E-state index in [0.29, 0.717) is 24.7 Å². The molecule has 0 aliphatic carbocycles. The first kappa shape index (κ1) is 18.3. The Morgan fingerprint density at radius 2 is 1.46 bits per heavy atom. The minimum Gasteiger partial charge on any atom is -0.493 e. The van der Waals surface area contributed by atoms with Gasteiger partial charge in [0, 0.05) is 24.2 Å². The monoisotopic (exact) mass is 377 g/mol. The van der Waals surface area contributed by atoms with Crippen molar-refractivity contribution in [2.45, 2.75) is 0 Å². The number of aromatic nitrogens is 2. The summed E-state index contributed by atoms with van der Waals surface area (Å²) < 4.78 is 16.3. The Morgan fingerprint density at radius 1 is 0.786 bits per heavy atom. The van der Waals surface area contributed by atoms with Gasteiger partial charge in [-0.25, -0.2) is 9.97 Å². The van der Waals surface area contributed by atoms with Crippen LogP contribution in [0.25, 0.3) is 22.5 Å². The van der Waals surface area contributed by atoms with Gasteiger partial charge in [-0.3, -0.25) is 0 Å². The van der Waals surface area contributed by atoms with Crippen LogP contribution in [-0.2, 0) is 4.74 Å². The van der Waals surface area contributed by atoms with E-state index in [2.05, 4.69) is 17.0 Å². The van der Waals surface area contributed by atoms with Gasteiger partial charge in [0.15, 0.2) is 11.5 Å². The highest BCUT2D eigenvalue weighted by atomic mass is 16.5. The van der Waals surface area contributed by atoms with Gasteiger partial charge in [0.2, 0.25) is 5.95 Å². The molecule has 0 saturated carbocycles. The van der Waals surface area contributed by atoms with Crippen molar-refractivity contribution in [2.24, 2.45) is 0 Å². The van der Waals surface area contributed by atoms with Crippen LogP contribution < -0.4 is 14.4 Å². The van der Waals surface area contributed by atoms with Crippen LogP contribution in [-0.4, -0.2) is 50.5 Å². The van der Waals surface area contributed by atoms with Crippen molar-refractivity contribution in [3.63, 3.8) is 0 Å². The predicted octanol–water partition coefficient (Wildman–Crippen LogP) is 3.66. The summed E-state index contributed by atoms with van der Waals surface area (Å²) in [7, 11) is 3.27. The first-order valence-corrected chi connectivity index (χ1v) is 9.28. The molecule has 1 aliphatic heterocycles. The zero-order valence-corrected chi connectivity index (χ0v) is 16.1. The van der Waals surface area contributed by atoms with E-state index in [0.717, 1.165) is 41.6 Å². The molecule has 2 aromatic carbocycles. The van der Waals surface area contributed by atoms with Crippen LogP contribution >= 0.6 is 0 Å². The van der Waals surface area contributed by atoms with Crippen molar-refractivity contribution in [1.29, 1.82) is 0 Å². The molecule has 1 fully saturated rings. The van der Waals surface area contributed by atoms with Crippen molar-refractivity contribution in [3.05, 3.63) is 54.6 Å². The highest BCUT2D eigenvalue weighted by Gasteiger charge is 2.17. The molecule has 28 heavy (non-hydrogen) atoms. The number of ether oxygens (including phenoxy) is 3. The number of hydrogen-bond acceptors (Lipinski definition) is 6. The van der Waals surface area contributed by atoms with Gasteiger partial charge in [-0.2, -0.15) is 0 Å². The van der Waals surface area contributed by atoms with Crippen LogP contribution in [0.3, 0.4) is 0 Å². The Labute approximate surface area is 164 Å². The molecule has 0 bridgehead atoms. The molecule has 6 nitrogen and oxygen atoms in total. The number of morpholine rings is 1. The van der Waals surface area contributed by atoms with Crippen LogP contribution in [0.5, 0.6) is 11.5 Å². The molecule has 0 N–H and O–H groups in total. The fraction of sp³-hybridized carbons (Fsp3) is 0.273. The van der Waals surface area contributed by atoms with Gasteiger partial charge >= 0.3 is 0 Å². The maximum absolute atomic E-state index is 5.48. The SMILES string of the molecule is COc1ccc(-c2cc(-c3ccccc3)nc(N3CCOCC3)n2)cc1OC. The van der Waals surface area contributed by atoms with Gasteiger partial charge in [0.1, 0.15) is 0 Å². The third-order valence-electron chi connectivity index (χ3n) is 4.76. The van der Waals surface area contributed by atoms with Crippen molar-refractivity contribution in [1.82, 2.24) is 9.97 Å². The molecule has 6 heteroatoms. The summed E-state index contributed by atoms with van der Waals surface area (Å²) in [6.07, 6.45) is 0. The van der Waals surface area contributed by atoms with Gasteiger partial charge < -0.3 is 19.1 Å². The van der Waals surface area contributed by atoms with Crippen molar-refractivity contribution >= 4 is 5.95 Å². The maximum Gasteiger partial charge on any atom is 0.226 e. The molecule has 0 atom stereocenters. The highest BCUT2D eigenvalue weighted by molar-refractivity contribution is 5.71. The Hall–Kier alpha value is -3.12. The van der Waals surface area contributed by atoms with Crippen LogP contribution in [0.15, 0.2) is 54.6 Å². The molecular formula is C22H23N3O3. The van der Waals surface area contributed by atoms with Crippen molar-refractivity contribution < 1.29 is 14.2 Å². The maximum atomic E-state index is 5.48. The lowest BCUT2D eigenvalue weighted by atomic mass is 10.1. The number of hydrogen-bond donors (Lipinski definition) is 0. The highest BCUT2D eigenvalue weighted by Crippen LogP contribution is 2.33. The molecule has 0 amide bonds. The molecule has 0 radical (unpaired) electrons. The molecule has 0 spiro atoms. The second-order valence-electron chi connectivity index (χ2n) is 6.47. The summed E-state index contributed by atoms with van der Waals surface area (Å²) in [4.78, 5) is 11.8. The lowest BCUT2D eigenvalue weighted by Crippen LogP contribution is -2.37. The number of methoxy groups -OCH3 is 2. The summed E-state index contributed by atoms with van der Waals surface area (Å²) in [6.45, 7) is 2.93. The molecule has 1 aliphatic rings. The van der Waals surface area contributed by atoms with Crippen LogP contribution in [0, 0.1) is 0 Å². The fourth-order valence-corrected chi connectivity index (χ4v) is 3.24. The molecule has 1 saturated heterocycles. The standard InChI is InChI=1S/C22H23N3O3/c1-26-20-9-8-17(14-21(20)27-2)19-15-18(16-6-4-3-5-7-16)23-22(24-19)25-10-12-28-13-11-25/h3-9,14-15H,10-13H2,1-2H3. The molecule has 2 heterocycles. The lowest BCUT2D eigenvalue weighted by molar-refractivity contribution is 0.122. The normalized spacial score (nSPS) is 14.0. The number of rotatable bonds is 5. The lowest BCUT2D eigenvalue weighted by Gasteiger charge is -2.27. The number of nitrogens with zero attached hydrogens (tertiary/aromatic N) is 3. The number of anilines is 1. The van der Waals surface area contributed by atoms with E-state index in [-0.39, 0.29) is 0 Å². The third kappa shape index (κ3) is 3.77. The Morgan fingerprint density at radius 3 is 2.14 bits per heavy atom. The van der Waals surface area contributed by atoms with Gasteiger partial charge in [0.25, 0.3) is 0 Å². The van der Waals surface area contributed by atoms with E-state index in [9.17, 15) is 0 Å². The summed E-state index contributed by atoms with van der Waals surface area (Å²) in [5.41, 5.74) is 3.74. The topological polar surface area (TPSA) is 56.7 Å². The first-order chi connectivity index (χ1) is 13.8. The summed E-state index contributed by atoms with van der Waals surface area (Å²) in [5.74, 6) is 2.08. The van der Waals surface area contributed by atoms with Gasteiger partial charge in [-0.1, -0.05) is 30.3 Å². The number of benzene rings is 2. The van der Waals surface area contributed by atoms with Gasteiger partial charge in [-0.15, -0.1) is 0 Å². The summed E-state index contributed by atoms with van der Waals surface area (Å²) >= 11 is 0. The third-order valence-corrected chi connectivity index (χ3v) is 4.76. The van der Waals surface area contributed by atoms with E-state index in [1.165, 1.54) is 0 Å². The summed E-state index contributed by atoms with van der Waals surface area (Å²) in [6, 6.07) is 18.0. The molecule has 4 rings (SSSR count). The Kier molecular flexibility index (Phi) is 5.39. The van der Waals surface area contributed by atoms with Crippen LogP contribution in [0.1, 0.15) is 0 Å². The van der Waals surface area contributed by atoms with Crippen molar-refractivity contribution in [2.75, 3.05) is 45.4 Å². The summed E-state index contributed by atoms with van der Waals surface area (Å²) in [5, 5.41) is 0. The zero-order chi connectivity index (χ0) is 19.3. The van der Waals surface area contributed by atoms with E-state index in [1.807, 2.05) is 42.5 Å². The van der Waals surface area contributed by atoms with E-state index >= 15 is 0 Å². The average molecular weight is 377 g/mol. The second-order valence-corrected chi connectivity index (χ2v) is 6.47. The minimum atomic E-state index is 0.674. The minimum absolute atomic E-state index is 0.674.